The van der Waals surface area contributed by atoms with E-state index in [1.54, 1.807) is 30.0 Å². The molecule has 0 saturated heterocycles. The topological polar surface area (TPSA) is 87.2 Å². The lowest BCUT2D eigenvalue weighted by atomic mass is 10.3. The molecule has 0 atom stereocenters. The summed E-state index contributed by atoms with van der Waals surface area (Å²) in [6.07, 6.45) is 3.53. The SMILES string of the molecule is COc1ccccc1-n1c(SCc2cc(=O)n3cc(C)ccc3n2)nnc1-c1nccs1. The van der Waals surface area contributed by atoms with Crippen LogP contribution in [0.25, 0.3) is 22.2 Å². The van der Waals surface area contributed by atoms with Gasteiger partial charge in [-0.1, -0.05) is 30.0 Å². The lowest BCUT2D eigenvalue weighted by molar-refractivity contribution is 0.412. The Morgan fingerprint density at radius 2 is 2.03 bits per heavy atom. The summed E-state index contributed by atoms with van der Waals surface area (Å²) < 4.78 is 9.06. The monoisotopic (exact) mass is 462 g/mol. The second-order valence-electron chi connectivity index (χ2n) is 6.96. The average Bonchev–Trinajstić information content (AvgIpc) is 3.48. The second kappa shape index (κ2) is 8.56. The van der Waals surface area contributed by atoms with E-state index in [1.165, 1.54) is 23.1 Å². The number of para-hydroxylation sites is 2. The number of nitrogens with zero attached hydrogens (tertiary/aromatic N) is 6. The molecule has 0 N–H and O–H groups in total. The number of aryl methyl sites for hydroxylation is 1. The van der Waals surface area contributed by atoms with Gasteiger partial charge in [0.05, 0.1) is 18.5 Å². The van der Waals surface area contributed by atoms with Gasteiger partial charge in [-0.3, -0.25) is 13.8 Å². The average molecular weight is 463 g/mol. The van der Waals surface area contributed by atoms with Crippen molar-refractivity contribution < 1.29 is 4.74 Å². The molecule has 0 spiro atoms. The van der Waals surface area contributed by atoms with E-state index in [1.807, 2.05) is 53.3 Å². The van der Waals surface area contributed by atoms with Crippen LogP contribution in [0, 0.1) is 6.92 Å². The Labute approximate surface area is 191 Å². The predicted molar refractivity (Wildman–Crippen MR) is 125 cm³/mol. The van der Waals surface area contributed by atoms with Crippen molar-refractivity contribution in [2.45, 2.75) is 17.8 Å². The number of hydrogen-bond acceptors (Lipinski definition) is 8. The summed E-state index contributed by atoms with van der Waals surface area (Å²) in [6, 6.07) is 13.0. The largest absolute Gasteiger partial charge is 0.495 e. The van der Waals surface area contributed by atoms with Gasteiger partial charge < -0.3 is 4.74 Å². The van der Waals surface area contributed by atoms with Crippen molar-refractivity contribution in [2.75, 3.05) is 7.11 Å². The van der Waals surface area contributed by atoms with Gasteiger partial charge in [0.1, 0.15) is 11.4 Å². The van der Waals surface area contributed by atoms with E-state index in [0.717, 1.165) is 16.3 Å². The van der Waals surface area contributed by atoms with Gasteiger partial charge in [0, 0.05) is 29.6 Å². The van der Waals surface area contributed by atoms with Crippen LogP contribution in [0.4, 0.5) is 0 Å². The molecule has 32 heavy (non-hydrogen) atoms. The van der Waals surface area contributed by atoms with Crippen LogP contribution in [0.2, 0.25) is 0 Å². The van der Waals surface area contributed by atoms with Crippen LogP contribution < -0.4 is 10.3 Å². The summed E-state index contributed by atoms with van der Waals surface area (Å²) in [5, 5.41) is 12.1. The van der Waals surface area contributed by atoms with E-state index in [4.69, 9.17) is 4.74 Å². The molecule has 0 amide bonds. The van der Waals surface area contributed by atoms with Crippen molar-refractivity contribution in [3.05, 3.63) is 81.8 Å². The molecule has 0 radical (unpaired) electrons. The molecule has 0 saturated carbocycles. The van der Waals surface area contributed by atoms with Crippen LogP contribution in [0.15, 0.2) is 70.2 Å². The molecule has 8 nitrogen and oxygen atoms in total. The quantitative estimate of drug-likeness (QED) is 0.352. The van der Waals surface area contributed by atoms with Crippen LogP contribution in [0.5, 0.6) is 5.75 Å². The minimum Gasteiger partial charge on any atom is -0.495 e. The van der Waals surface area contributed by atoms with Crippen molar-refractivity contribution in [3.63, 3.8) is 0 Å². The summed E-state index contributed by atoms with van der Waals surface area (Å²) in [5.74, 6) is 1.79. The highest BCUT2D eigenvalue weighted by atomic mass is 32.2. The van der Waals surface area contributed by atoms with Gasteiger partial charge in [0.2, 0.25) is 0 Å². The van der Waals surface area contributed by atoms with E-state index in [2.05, 4.69) is 20.2 Å². The maximum atomic E-state index is 12.6. The Morgan fingerprint density at radius 3 is 2.84 bits per heavy atom. The summed E-state index contributed by atoms with van der Waals surface area (Å²) in [6.45, 7) is 1.94. The van der Waals surface area contributed by atoms with E-state index in [9.17, 15) is 4.79 Å². The van der Waals surface area contributed by atoms with Crippen LogP contribution in [-0.4, -0.2) is 36.2 Å². The molecule has 0 aliphatic heterocycles. The number of fused-ring (bicyclic) bond motifs is 1. The Bertz CT molecular complexity index is 1460. The summed E-state index contributed by atoms with van der Waals surface area (Å²) >= 11 is 2.94. The zero-order valence-electron chi connectivity index (χ0n) is 17.3. The molecule has 0 fully saturated rings. The Morgan fingerprint density at radius 1 is 1.16 bits per heavy atom. The maximum Gasteiger partial charge on any atom is 0.258 e. The first-order chi connectivity index (χ1) is 15.6. The van der Waals surface area contributed by atoms with E-state index >= 15 is 0 Å². The molecule has 0 aliphatic rings. The Balaban J connectivity index is 1.54. The highest BCUT2D eigenvalue weighted by molar-refractivity contribution is 7.98. The molecule has 0 unspecified atom stereocenters. The van der Waals surface area contributed by atoms with Gasteiger partial charge in [-0.25, -0.2) is 9.97 Å². The first-order valence-corrected chi connectivity index (χ1v) is 11.6. The predicted octanol–water partition coefficient (Wildman–Crippen LogP) is 4.01. The number of benzene rings is 1. The van der Waals surface area contributed by atoms with Gasteiger partial charge in [0.15, 0.2) is 16.0 Å². The number of aromatic nitrogens is 6. The molecule has 5 aromatic rings. The first-order valence-electron chi connectivity index (χ1n) is 9.74. The van der Waals surface area contributed by atoms with Gasteiger partial charge in [-0.2, -0.15) is 0 Å². The van der Waals surface area contributed by atoms with Crippen molar-refractivity contribution in [1.82, 2.24) is 29.1 Å². The molecule has 10 heteroatoms. The number of rotatable bonds is 6. The third kappa shape index (κ3) is 3.78. The van der Waals surface area contributed by atoms with E-state index in [0.29, 0.717) is 33.8 Å². The first kappa shape index (κ1) is 20.4. The second-order valence-corrected chi connectivity index (χ2v) is 8.80. The molecule has 0 bridgehead atoms. The highest BCUT2D eigenvalue weighted by Gasteiger charge is 2.20. The van der Waals surface area contributed by atoms with Crippen LogP contribution >= 0.6 is 23.1 Å². The Hall–Kier alpha value is -3.50. The Kier molecular flexibility index (Phi) is 5.46. The zero-order chi connectivity index (χ0) is 22.1. The van der Waals surface area contributed by atoms with Crippen molar-refractivity contribution in [3.8, 4) is 22.3 Å². The maximum absolute atomic E-state index is 12.6. The van der Waals surface area contributed by atoms with Crippen LogP contribution in [-0.2, 0) is 5.75 Å². The number of hydrogen-bond donors (Lipinski definition) is 0. The molecular weight excluding hydrogens is 444 g/mol. The fourth-order valence-electron chi connectivity index (χ4n) is 3.34. The number of thiazole rings is 1. The lowest BCUT2D eigenvalue weighted by Crippen LogP contribution is -2.15. The van der Waals surface area contributed by atoms with Crippen molar-refractivity contribution in [2.24, 2.45) is 0 Å². The molecule has 4 aromatic heterocycles. The molecule has 4 heterocycles. The minimum absolute atomic E-state index is 0.107. The fourth-order valence-corrected chi connectivity index (χ4v) is 4.79. The smallest absolute Gasteiger partial charge is 0.258 e. The third-order valence-corrected chi connectivity index (χ3v) is 6.52. The molecule has 1 aromatic carbocycles. The van der Waals surface area contributed by atoms with Crippen LogP contribution in [0.3, 0.4) is 0 Å². The fraction of sp³-hybridized carbons (Fsp3) is 0.136. The van der Waals surface area contributed by atoms with Gasteiger partial charge in [-0.15, -0.1) is 21.5 Å². The van der Waals surface area contributed by atoms with Gasteiger partial charge in [0.25, 0.3) is 5.56 Å². The zero-order valence-corrected chi connectivity index (χ0v) is 18.9. The minimum atomic E-state index is -0.107. The molecular formula is C22H18N6O2S2. The van der Waals surface area contributed by atoms with Gasteiger partial charge >= 0.3 is 0 Å². The number of pyridine rings is 1. The van der Waals surface area contributed by atoms with Gasteiger partial charge in [-0.05, 0) is 30.7 Å². The third-order valence-electron chi connectivity index (χ3n) is 4.79. The lowest BCUT2D eigenvalue weighted by Gasteiger charge is -2.13. The highest BCUT2D eigenvalue weighted by Crippen LogP contribution is 2.33. The standard InChI is InChI=1S/C22H18N6O2S2/c1-14-7-8-18-24-15(11-19(29)27(18)12-14)13-32-22-26-25-20(21-23-9-10-31-21)28(22)16-5-3-4-6-17(16)30-2/h3-12H,13H2,1-2H3. The molecule has 5 rings (SSSR count). The van der Waals surface area contributed by atoms with Crippen molar-refractivity contribution in [1.29, 1.82) is 0 Å². The number of methoxy groups -OCH3 is 1. The van der Waals surface area contributed by atoms with E-state index < -0.39 is 0 Å². The molecule has 160 valence electrons. The molecule has 0 aliphatic carbocycles. The summed E-state index contributed by atoms with van der Waals surface area (Å²) in [7, 11) is 1.63. The normalized spacial score (nSPS) is 11.2. The van der Waals surface area contributed by atoms with E-state index in [-0.39, 0.29) is 5.56 Å². The van der Waals surface area contributed by atoms with Crippen LogP contribution in [0.1, 0.15) is 11.3 Å². The summed E-state index contributed by atoms with van der Waals surface area (Å²) in [5.41, 5.74) is 3.00. The number of ether oxygens (including phenoxy) is 1. The van der Waals surface area contributed by atoms with Crippen molar-refractivity contribution >= 4 is 28.7 Å². The number of thioether (sulfide) groups is 1. The summed E-state index contributed by atoms with van der Waals surface area (Å²) in [4.78, 5) is 21.6.